The summed E-state index contributed by atoms with van der Waals surface area (Å²) in [6.07, 6.45) is 3.74. The predicted octanol–water partition coefficient (Wildman–Crippen LogP) is 1.39. The summed E-state index contributed by atoms with van der Waals surface area (Å²) in [5, 5.41) is 20.2. The Morgan fingerprint density at radius 3 is 2.82 bits per heavy atom. The molecule has 6 nitrogen and oxygen atoms in total. The average molecular weight is 232 g/mol. The molecule has 88 valence electrons. The molecule has 17 heavy (non-hydrogen) atoms. The minimum atomic E-state index is -1.07. The molecule has 1 aliphatic carbocycles. The van der Waals surface area contributed by atoms with Crippen molar-refractivity contribution in [1.82, 2.24) is 15.3 Å². The van der Waals surface area contributed by atoms with Gasteiger partial charge in [-0.1, -0.05) is 12.8 Å². The third-order valence-electron chi connectivity index (χ3n) is 3.05. The summed E-state index contributed by atoms with van der Waals surface area (Å²) < 4.78 is 0. The molecule has 0 radical (unpaired) electrons. The van der Waals surface area contributed by atoms with Crippen LogP contribution in [0.5, 0.6) is 0 Å². The Morgan fingerprint density at radius 1 is 1.53 bits per heavy atom. The maximum absolute atomic E-state index is 10.9. The number of rotatable bonds is 2. The first kappa shape index (κ1) is 11.3. The summed E-state index contributed by atoms with van der Waals surface area (Å²) in [7, 11) is 0. The number of hydrogen-bond donors (Lipinski definition) is 2. The standard InChI is InChI=1S/C11H12N4O2/c12-7-9-13-6-3-8(14-9)11(15-10(16)17)4-1-2-5-11/h3,6,15H,1-2,4-5H2,(H,16,17). The van der Waals surface area contributed by atoms with Crippen LogP contribution in [-0.4, -0.2) is 21.2 Å². The van der Waals surface area contributed by atoms with Crippen molar-refractivity contribution in [2.75, 3.05) is 0 Å². The molecule has 0 aliphatic heterocycles. The molecule has 1 aromatic heterocycles. The van der Waals surface area contributed by atoms with Crippen LogP contribution in [0.25, 0.3) is 0 Å². The number of aromatic nitrogens is 2. The molecule has 0 saturated heterocycles. The van der Waals surface area contributed by atoms with E-state index in [4.69, 9.17) is 10.4 Å². The highest BCUT2D eigenvalue weighted by Crippen LogP contribution is 2.37. The first-order valence-electron chi connectivity index (χ1n) is 5.41. The van der Waals surface area contributed by atoms with Crippen molar-refractivity contribution in [3.63, 3.8) is 0 Å². The summed E-state index contributed by atoms with van der Waals surface area (Å²) in [5.41, 5.74) is -0.0654. The monoisotopic (exact) mass is 232 g/mol. The van der Waals surface area contributed by atoms with Crippen molar-refractivity contribution >= 4 is 6.09 Å². The van der Waals surface area contributed by atoms with Gasteiger partial charge in [-0.25, -0.2) is 14.8 Å². The smallest absolute Gasteiger partial charge is 0.405 e. The third kappa shape index (κ3) is 2.18. The van der Waals surface area contributed by atoms with Gasteiger partial charge in [0.25, 0.3) is 0 Å². The molecule has 0 bridgehead atoms. The fourth-order valence-electron chi connectivity index (χ4n) is 2.31. The largest absolute Gasteiger partial charge is 0.465 e. The van der Waals surface area contributed by atoms with E-state index in [0.717, 1.165) is 12.8 Å². The first-order chi connectivity index (χ1) is 8.16. The van der Waals surface area contributed by atoms with Gasteiger partial charge in [0.2, 0.25) is 5.82 Å². The molecule has 6 heteroatoms. The lowest BCUT2D eigenvalue weighted by Crippen LogP contribution is -2.43. The molecule has 0 spiro atoms. The van der Waals surface area contributed by atoms with Gasteiger partial charge in [0.1, 0.15) is 6.07 Å². The van der Waals surface area contributed by atoms with E-state index < -0.39 is 11.6 Å². The second-order valence-electron chi connectivity index (χ2n) is 4.10. The number of nitriles is 1. The van der Waals surface area contributed by atoms with E-state index in [1.54, 1.807) is 6.07 Å². The molecule has 1 heterocycles. The minimum absolute atomic E-state index is 0.0703. The first-order valence-corrected chi connectivity index (χ1v) is 5.41. The van der Waals surface area contributed by atoms with Gasteiger partial charge >= 0.3 is 6.09 Å². The van der Waals surface area contributed by atoms with E-state index >= 15 is 0 Å². The lowest BCUT2D eigenvalue weighted by Gasteiger charge is -2.28. The molecule has 1 aliphatic rings. The number of carboxylic acid groups (broad SMARTS) is 1. The van der Waals surface area contributed by atoms with Crippen molar-refractivity contribution in [2.24, 2.45) is 0 Å². The van der Waals surface area contributed by atoms with Gasteiger partial charge in [-0.2, -0.15) is 5.26 Å². The van der Waals surface area contributed by atoms with E-state index in [9.17, 15) is 4.79 Å². The quantitative estimate of drug-likeness (QED) is 0.802. The Balaban J connectivity index is 2.38. The van der Waals surface area contributed by atoms with E-state index in [0.29, 0.717) is 18.5 Å². The highest BCUT2D eigenvalue weighted by Gasteiger charge is 2.38. The molecular formula is C11H12N4O2. The second-order valence-corrected chi connectivity index (χ2v) is 4.10. The fraction of sp³-hybridized carbons (Fsp3) is 0.455. The molecule has 0 unspecified atom stereocenters. The van der Waals surface area contributed by atoms with Crippen LogP contribution in [0, 0.1) is 11.3 Å². The molecule has 0 atom stereocenters. The molecule has 1 saturated carbocycles. The van der Waals surface area contributed by atoms with Gasteiger partial charge < -0.3 is 10.4 Å². The van der Waals surface area contributed by atoms with Gasteiger partial charge in [-0.05, 0) is 18.9 Å². The summed E-state index contributed by atoms with van der Waals surface area (Å²) in [6, 6.07) is 3.53. The molecule has 1 aromatic rings. The summed E-state index contributed by atoms with van der Waals surface area (Å²) >= 11 is 0. The van der Waals surface area contributed by atoms with Crippen LogP contribution in [0.1, 0.15) is 37.2 Å². The fourth-order valence-corrected chi connectivity index (χ4v) is 2.31. The van der Waals surface area contributed by atoms with Crippen LogP contribution in [0.15, 0.2) is 12.3 Å². The number of nitrogens with one attached hydrogen (secondary N) is 1. The van der Waals surface area contributed by atoms with E-state index in [1.165, 1.54) is 6.20 Å². The van der Waals surface area contributed by atoms with E-state index in [1.807, 2.05) is 6.07 Å². The number of nitrogens with zero attached hydrogens (tertiary/aromatic N) is 3. The minimum Gasteiger partial charge on any atom is -0.465 e. The van der Waals surface area contributed by atoms with E-state index in [2.05, 4.69) is 15.3 Å². The van der Waals surface area contributed by atoms with Crippen molar-refractivity contribution < 1.29 is 9.90 Å². The summed E-state index contributed by atoms with van der Waals surface area (Å²) in [6.45, 7) is 0. The number of amides is 1. The number of carbonyl (C=O) groups is 1. The van der Waals surface area contributed by atoms with Crippen molar-refractivity contribution in [1.29, 1.82) is 5.26 Å². The van der Waals surface area contributed by atoms with Gasteiger partial charge in [0, 0.05) is 6.20 Å². The normalized spacial score (nSPS) is 17.4. The van der Waals surface area contributed by atoms with Crippen LogP contribution >= 0.6 is 0 Å². The van der Waals surface area contributed by atoms with Crippen LogP contribution in [0.3, 0.4) is 0 Å². The lowest BCUT2D eigenvalue weighted by molar-refractivity contribution is 0.176. The topological polar surface area (TPSA) is 98.9 Å². The Bertz CT molecular complexity index is 475. The maximum atomic E-state index is 10.9. The van der Waals surface area contributed by atoms with Gasteiger partial charge in [-0.3, -0.25) is 0 Å². The Hall–Kier alpha value is -2.16. The van der Waals surface area contributed by atoms with Crippen LogP contribution < -0.4 is 5.32 Å². The Kier molecular flexibility index (Phi) is 2.91. The molecule has 2 rings (SSSR count). The second kappa shape index (κ2) is 4.37. The van der Waals surface area contributed by atoms with Crippen molar-refractivity contribution in [3.8, 4) is 6.07 Å². The zero-order valence-electron chi connectivity index (χ0n) is 9.18. The van der Waals surface area contributed by atoms with E-state index in [-0.39, 0.29) is 5.82 Å². The number of hydrogen-bond acceptors (Lipinski definition) is 4. The van der Waals surface area contributed by atoms with Gasteiger partial charge in [-0.15, -0.1) is 0 Å². The zero-order chi connectivity index (χ0) is 12.3. The molecule has 1 fully saturated rings. The molecule has 1 amide bonds. The maximum Gasteiger partial charge on any atom is 0.405 e. The van der Waals surface area contributed by atoms with Crippen LogP contribution in [-0.2, 0) is 5.54 Å². The molecular weight excluding hydrogens is 220 g/mol. The van der Waals surface area contributed by atoms with Crippen molar-refractivity contribution in [3.05, 3.63) is 23.8 Å². The third-order valence-corrected chi connectivity index (χ3v) is 3.05. The van der Waals surface area contributed by atoms with Crippen molar-refractivity contribution in [2.45, 2.75) is 31.2 Å². The Morgan fingerprint density at radius 2 is 2.24 bits per heavy atom. The highest BCUT2D eigenvalue weighted by atomic mass is 16.4. The zero-order valence-corrected chi connectivity index (χ0v) is 9.18. The van der Waals surface area contributed by atoms with Gasteiger partial charge in [0.15, 0.2) is 0 Å². The SMILES string of the molecule is N#Cc1nccc(C2(NC(=O)O)CCCC2)n1. The summed E-state index contributed by atoms with van der Waals surface area (Å²) in [5.74, 6) is 0.0703. The van der Waals surface area contributed by atoms with Gasteiger partial charge in [0.05, 0.1) is 11.2 Å². The van der Waals surface area contributed by atoms with Crippen LogP contribution in [0.4, 0.5) is 4.79 Å². The molecule has 0 aromatic carbocycles. The average Bonchev–Trinajstić information content (AvgIpc) is 2.78. The predicted molar refractivity (Wildman–Crippen MR) is 58.1 cm³/mol. The lowest BCUT2D eigenvalue weighted by atomic mass is 9.93. The molecule has 2 N–H and O–H groups in total. The van der Waals surface area contributed by atoms with Crippen LogP contribution in [0.2, 0.25) is 0 Å². The summed E-state index contributed by atoms with van der Waals surface area (Å²) in [4.78, 5) is 18.8. The highest BCUT2D eigenvalue weighted by molar-refractivity contribution is 5.66. The Labute approximate surface area is 98.3 Å².